The summed E-state index contributed by atoms with van der Waals surface area (Å²) in [7, 11) is 1.96. The molecule has 3 aromatic rings. The second-order valence-corrected chi connectivity index (χ2v) is 5.17. The van der Waals surface area contributed by atoms with Crippen LogP contribution < -0.4 is 10.2 Å². The second-order valence-electron chi connectivity index (χ2n) is 5.17. The van der Waals surface area contributed by atoms with Crippen LogP contribution in [0.5, 0.6) is 0 Å². The smallest absolute Gasteiger partial charge is 0.249 e. The molecule has 0 aliphatic heterocycles. The zero-order valence-electron chi connectivity index (χ0n) is 13.3. The third-order valence-electron chi connectivity index (χ3n) is 3.68. The van der Waals surface area contributed by atoms with Gasteiger partial charge in [-0.2, -0.15) is 10.1 Å². The largest absolute Gasteiger partial charge is 0.328 e. The van der Waals surface area contributed by atoms with Crippen LogP contribution in [0, 0.1) is 0 Å². The van der Waals surface area contributed by atoms with Crippen molar-refractivity contribution in [2.24, 2.45) is 0 Å². The molecule has 1 N–H and O–H groups in total. The van der Waals surface area contributed by atoms with Crippen molar-refractivity contribution in [2.45, 2.75) is 13.3 Å². The summed E-state index contributed by atoms with van der Waals surface area (Å²) in [4.78, 5) is 6.54. The van der Waals surface area contributed by atoms with E-state index in [1.807, 2.05) is 60.5 Å². The molecule has 5 nitrogen and oxygen atoms in total. The van der Waals surface area contributed by atoms with Gasteiger partial charge in [0.2, 0.25) is 5.95 Å². The Kier molecular flexibility index (Phi) is 4.47. The van der Waals surface area contributed by atoms with Crippen molar-refractivity contribution in [3.8, 4) is 0 Å². The van der Waals surface area contributed by atoms with E-state index in [0.717, 1.165) is 23.6 Å². The Labute approximate surface area is 136 Å². The lowest BCUT2D eigenvalue weighted by atomic mass is 10.1. The minimum Gasteiger partial charge on any atom is -0.328 e. The average Bonchev–Trinajstić information content (AvgIpc) is 2.62. The summed E-state index contributed by atoms with van der Waals surface area (Å²) in [6, 6.07) is 18.2. The third-order valence-corrected chi connectivity index (χ3v) is 3.68. The molecule has 0 unspecified atom stereocenters. The molecule has 5 heteroatoms. The Morgan fingerprint density at radius 3 is 2.52 bits per heavy atom. The highest BCUT2D eigenvalue weighted by Crippen LogP contribution is 2.23. The van der Waals surface area contributed by atoms with Gasteiger partial charge in [0.25, 0.3) is 0 Å². The molecule has 116 valence electrons. The third kappa shape index (κ3) is 3.45. The van der Waals surface area contributed by atoms with Gasteiger partial charge in [-0.25, -0.2) is 0 Å². The van der Waals surface area contributed by atoms with Crippen molar-refractivity contribution < 1.29 is 0 Å². The lowest BCUT2D eigenvalue weighted by Crippen LogP contribution is -2.13. The topological polar surface area (TPSA) is 53.9 Å². The number of nitrogens with zero attached hydrogens (tertiary/aromatic N) is 4. The number of nitrogens with one attached hydrogen (secondary N) is 1. The molecule has 0 fully saturated rings. The fraction of sp³-hybridized carbons (Fsp3) is 0.167. The molecule has 0 atom stereocenters. The monoisotopic (exact) mass is 305 g/mol. The molecule has 0 spiro atoms. The lowest BCUT2D eigenvalue weighted by molar-refractivity contribution is 0.955. The summed E-state index contributed by atoms with van der Waals surface area (Å²) in [5.74, 6) is 1.23. The van der Waals surface area contributed by atoms with Gasteiger partial charge in [-0.1, -0.05) is 43.3 Å². The summed E-state index contributed by atoms with van der Waals surface area (Å²) in [5, 5.41) is 11.4. The Hall–Kier alpha value is -2.95. The van der Waals surface area contributed by atoms with Crippen molar-refractivity contribution >= 4 is 23.1 Å². The van der Waals surface area contributed by atoms with Crippen LogP contribution in [0.1, 0.15) is 12.5 Å². The molecule has 1 heterocycles. The fourth-order valence-electron chi connectivity index (χ4n) is 2.36. The molecule has 0 radical (unpaired) electrons. The molecule has 23 heavy (non-hydrogen) atoms. The molecule has 0 saturated heterocycles. The number of para-hydroxylation sites is 2. The van der Waals surface area contributed by atoms with E-state index in [4.69, 9.17) is 0 Å². The van der Waals surface area contributed by atoms with Gasteiger partial charge in [0.05, 0.1) is 6.20 Å². The van der Waals surface area contributed by atoms with E-state index in [-0.39, 0.29) is 0 Å². The molecular formula is C18H19N5. The molecule has 0 bridgehead atoms. The molecule has 0 aliphatic rings. The molecule has 0 aliphatic carbocycles. The van der Waals surface area contributed by atoms with E-state index in [1.54, 1.807) is 6.20 Å². The molecule has 3 rings (SSSR count). The first kappa shape index (κ1) is 15.0. The van der Waals surface area contributed by atoms with Crippen LogP contribution in [0.2, 0.25) is 0 Å². The highest BCUT2D eigenvalue weighted by molar-refractivity contribution is 5.62. The van der Waals surface area contributed by atoms with Crippen LogP contribution >= 0.6 is 0 Å². The summed E-state index contributed by atoms with van der Waals surface area (Å²) in [6.07, 6.45) is 2.60. The quantitative estimate of drug-likeness (QED) is 0.773. The van der Waals surface area contributed by atoms with Gasteiger partial charge in [0.15, 0.2) is 5.82 Å². The standard InChI is InChI=1S/C18H19N5/c1-3-14-9-7-8-12-16(14)20-18-21-17(13-19-22-18)23(2)15-10-5-4-6-11-15/h4-13H,3H2,1-2H3,(H,20,21,22). The van der Waals surface area contributed by atoms with Crippen molar-refractivity contribution in [3.63, 3.8) is 0 Å². The number of hydrogen-bond donors (Lipinski definition) is 1. The van der Waals surface area contributed by atoms with Gasteiger partial charge in [-0.05, 0) is 30.2 Å². The minimum atomic E-state index is 0.492. The van der Waals surface area contributed by atoms with E-state index in [9.17, 15) is 0 Å². The Balaban J connectivity index is 1.85. The highest BCUT2D eigenvalue weighted by Gasteiger charge is 2.08. The zero-order chi connectivity index (χ0) is 16.1. The average molecular weight is 305 g/mol. The first-order chi connectivity index (χ1) is 11.3. The molecular weight excluding hydrogens is 286 g/mol. The maximum Gasteiger partial charge on any atom is 0.249 e. The van der Waals surface area contributed by atoms with E-state index in [1.165, 1.54) is 5.56 Å². The van der Waals surface area contributed by atoms with E-state index >= 15 is 0 Å². The minimum absolute atomic E-state index is 0.492. The molecule has 0 saturated carbocycles. The van der Waals surface area contributed by atoms with E-state index in [0.29, 0.717) is 5.95 Å². The number of anilines is 4. The van der Waals surface area contributed by atoms with Crippen LogP contribution in [0.3, 0.4) is 0 Å². The summed E-state index contributed by atoms with van der Waals surface area (Å²) in [6.45, 7) is 2.12. The molecule has 2 aromatic carbocycles. The number of aryl methyl sites for hydroxylation is 1. The summed E-state index contributed by atoms with van der Waals surface area (Å²) < 4.78 is 0. The maximum absolute atomic E-state index is 4.56. The predicted molar refractivity (Wildman–Crippen MR) is 93.4 cm³/mol. The highest BCUT2D eigenvalue weighted by atomic mass is 15.3. The molecule has 0 amide bonds. The van der Waals surface area contributed by atoms with Crippen molar-refractivity contribution in [1.29, 1.82) is 0 Å². The van der Waals surface area contributed by atoms with Gasteiger partial charge < -0.3 is 10.2 Å². The predicted octanol–water partition coefficient (Wildman–Crippen LogP) is 3.95. The van der Waals surface area contributed by atoms with Crippen molar-refractivity contribution in [2.75, 3.05) is 17.3 Å². The second kappa shape index (κ2) is 6.87. The van der Waals surface area contributed by atoms with Gasteiger partial charge in [0, 0.05) is 18.4 Å². The van der Waals surface area contributed by atoms with Gasteiger partial charge in [0.1, 0.15) is 0 Å². The Morgan fingerprint density at radius 2 is 1.74 bits per heavy atom. The SMILES string of the molecule is CCc1ccccc1Nc1nncc(N(C)c2ccccc2)n1. The number of aromatic nitrogens is 3. The number of rotatable bonds is 5. The summed E-state index contributed by atoms with van der Waals surface area (Å²) >= 11 is 0. The van der Waals surface area contributed by atoms with Crippen LogP contribution in [-0.4, -0.2) is 22.2 Å². The van der Waals surface area contributed by atoms with Gasteiger partial charge >= 0.3 is 0 Å². The molecule has 1 aromatic heterocycles. The van der Waals surface area contributed by atoms with Gasteiger partial charge in [-0.15, -0.1) is 5.10 Å². The normalized spacial score (nSPS) is 10.3. The Bertz CT molecular complexity index is 773. The van der Waals surface area contributed by atoms with Crippen molar-refractivity contribution in [1.82, 2.24) is 15.2 Å². The van der Waals surface area contributed by atoms with Gasteiger partial charge in [-0.3, -0.25) is 0 Å². The van der Waals surface area contributed by atoms with E-state index < -0.39 is 0 Å². The maximum atomic E-state index is 4.56. The Morgan fingerprint density at radius 1 is 1.00 bits per heavy atom. The number of benzene rings is 2. The van der Waals surface area contributed by atoms with E-state index in [2.05, 4.69) is 33.5 Å². The zero-order valence-corrected chi connectivity index (χ0v) is 13.3. The summed E-state index contributed by atoms with van der Waals surface area (Å²) in [5.41, 5.74) is 3.28. The van der Waals surface area contributed by atoms with Crippen LogP contribution in [0.4, 0.5) is 23.1 Å². The van der Waals surface area contributed by atoms with Crippen LogP contribution in [-0.2, 0) is 6.42 Å². The number of hydrogen-bond acceptors (Lipinski definition) is 5. The van der Waals surface area contributed by atoms with Crippen LogP contribution in [0.25, 0.3) is 0 Å². The first-order valence-electron chi connectivity index (χ1n) is 7.61. The van der Waals surface area contributed by atoms with Crippen molar-refractivity contribution in [3.05, 3.63) is 66.4 Å². The lowest BCUT2D eigenvalue weighted by Gasteiger charge is -2.18. The fourth-order valence-corrected chi connectivity index (χ4v) is 2.36. The first-order valence-corrected chi connectivity index (χ1v) is 7.61. The van der Waals surface area contributed by atoms with Crippen LogP contribution in [0.15, 0.2) is 60.8 Å².